The van der Waals surface area contributed by atoms with Crippen LogP contribution in [0.5, 0.6) is 0 Å². The zero-order valence-corrected chi connectivity index (χ0v) is 11.0. The Bertz CT molecular complexity index is 579. The Labute approximate surface area is 112 Å². The van der Waals surface area contributed by atoms with Crippen molar-refractivity contribution < 1.29 is 9.90 Å². The van der Waals surface area contributed by atoms with Gasteiger partial charge in [-0.3, -0.25) is 14.0 Å². The first kappa shape index (κ1) is 13.3. The molecule has 0 saturated heterocycles. The Kier molecular flexibility index (Phi) is 4.00. The summed E-state index contributed by atoms with van der Waals surface area (Å²) in [6, 6.07) is 0. The lowest BCUT2D eigenvalue weighted by molar-refractivity contribution is -0.133. The van der Waals surface area contributed by atoms with Gasteiger partial charge in [-0.1, -0.05) is 11.8 Å². The fourth-order valence-corrected chi connectivity index (χ4v) is 2.15. The van der Waals surface area contributed by atoms with Gasteiger partial charge >= 0.3 is 5.97 Å². The van der Waals surface area contributed by atoms with E-state index in [4.69, 9.17) is 10.8 Å². The van der Waals surface area contributed by atoms with Crippen LogP contribution in [0.2, 0.25) is 0 Å². The van der Waals surface area contributed by atoms with Crippen molar-refractivity contribution in [3.63, 3.8) is 0 Å². The van der Waals surface area contributed by atoms with Crippen molar-refractivity contribution in [2.75, 3.05) is 11.5 Å². The minimum absolute atomic E-state index is 0.0834. The van der Waals surface area contributed by atoms with Crippen LogP contribution in [0.3, 0.4) is 0 Å². The summed E-state index contributed by atoms with van der Waals surface area (Å²) in [5.41, 5.74) is 5.70. The van der Waals surface area contributed by atoms with E-state index in [1.165, 1.54) is 0 Å². The molecule has 0 saturated carbocycles. The van der Waals surface area contributed by atoms with Gasteiger partial charge in [-0.2, -0.15) is 5.10 Å². The summed E-state index contributed by atoms with van der Waals surface area (Å²) >= 11 is 1.08. The summed E-state index contributed by atoms with van der Waals surface area (Å²) in [6.07, 6.45) is 2.19. The molecule has 102 valence electrons. The van der Waals surface area contributed by atoms with Crippen molar-refractivity contribution in [2.24, 2.45) is 7.05 Å². The molecule has 10 heteroatoms. The Morgan fingerprint density at radius 2 is 2.32 bits per heavy atom. The smallest absolute Gasteiger partial charge is 0.313 e. The number of thioether (sulfide) groups is 1. The highest BCUT2D eigenvalue weighted by atomic mass is 32.2. The molecule has 0 aliphatic rings. The standard InChI is InChI=1S/C9H13N7O2S/c1-15-5-11-6(14-15)2-3-16-8(10)12-13-9(16)19-4-7(17)18/h5H,2-4H2,1H3,(H2,10,12)(H,17,18). The molecule has 19 heavy (non-hydrogen) atoms. The number of hydrogen-bond donors (Lipinski definition) is 2. The summed E-state index contributed by atoms with van der Waals surface area (Å²) in [6.45, 7) is 0.505. The molecule has 0 amide bonds. The van der Waals surface area contributed by atoms with Gasteiger partial charge in [-0.05, 0) is 0 Å². The Hall–Kier alpha value is -2.10. The highest BCUT2D eigenvalue weighted by Gasteiger charge is 2.12. The Morgan fingerprint density at radius 3 is 2.95 bits per heavy atom. The number of rotatable bonds is 6. The number of carboxylic acids is 1. The molecule has 2 aromatic heterocycles. The number of nitrogens with zero attached hydrogens (tertiary/aromatic N) is 6. The molecule has 9 nitrogen and oxygen atoms in total. The van der Waals surface area contributed by atoms with Gasteiger partial charge in [0.25, 0.3) is 0 Å². The van der Waals surface area contributed by atoms with Gasteiger partial charge in [0.2, 0.25) is 5.95 Å². The molecular formula is C9H13N7O2S. The van der Waals surface area contributed by atoms with Crippen molar-refractivity contribution in [2.45, 2.75) is 18.1 Å². The molecule has 0 aromatic carbocycles. The van der Waals surface area contributed by atoms with Gasteiger partial charge in [0, 0.05) is 20.0 Å². The third-order valence-corrected chi connectivity index (χ3v) is 3.23. The van der Waals surface area contributed by atoms with Crippen molar-refractivity contribution in [1.29, 1.82) is 0 Å². The molecule has 0 aliphatic carbocycles. The minimum Gasteiger partial charge on any atom is -0.481 e. The number of anilines is 1. The summed E-state index contributed by atoms with van der Waals surface area (Å²) in [4.78, 5) is 14.6. The minimum atomic E-state index is -0.912. The van der Waals surface area contributed by atoms with Crippen LogP contribution in [0.4, 0.5) is 5.95 Å². The quantitative estimate of drug-likeness (QED) is 0.674. The summed E-state index contributed by atoms with van der Waals surface area (Å²) < 4.78 is 3.27. The van der Waals surface area contributed by atoms with E-state index in [1.54, 1.807) is 22.6 Å². The van der Waals surface area contributed by atoms with Gasteiger partial charge in [0.05, 0.1) is 5.75 Å². The number of hydrogen-bond acceptors (Lipinski definition) is 7. The molecule has 0 radical (unpaired) electrons. The van der Waals surface area contributed by atoms with Gasteiger partial charge in [0.15, 0.2) is 11.0 Å². The monoisotopic (exact) mass is 283 g/mol. The molecule has 0 aliphatic heterocycles. The molecule has 0 unspecified atom stereocenters. The van der Waals surface area contributed by atoms with Crippen LogP contribution in [0.15, 0.2) is 11.5 Å². The number of nitrogens with two attached hydrogens (primary N) is 1. The summed E-state index contributed by atoms with van der Waals surface area (Å²) in [5.74, 6) is -0.0573. The lowest BCUT2D eigenvalue weighted by Crippen LogP contribution is -2.09. The van der Waals surface area contributed by atoms with E-state index in [2.05, 4.69) is 20.3 Å². The predicted octanol–water partition coefficient (Wildman–Crippen LogP) is -0.592. The van der Waals surface area contributed by atoms with Crippen molar-refractivity contribution in [3.8, 4) is 0 Å². The van der Waals surface area contributed by atoms with E-state index in [0.717, 1.165) is 11.8 Å². The summed E-state index contributed by atoms with van der Waals surface area (Å²) in [5, 5.41) is 20.9. The highest BCUT2D eigenvalue weighted by molar-refractivity contribution is 7.99. The predicted molar refractivity (Wildman–Crippen MR) is 67.5 cm³/mol. The topological polar surface area (TPSA) is 125 Å². The number of aryl methyl sites for hydroxylation is 2. The maximum absolute atomic E-state index is 10.5. The molecule has 0 bridgehead atoms. The number of aromatic nitrogens is 6. The second-order valence-corrected chi connectivity index (χ2v) is 4.70. The van der Waals surface area contributed by atoms with Crippen LogP contribution in [0, 0.1) is 0 Å². The van der Waals surface area contributed by atoms with Gasteiger partial charge in [-0.25, -0.2) is 4.98 Å². The van der Waals surface area contributed by atoms with Crippen LogP contribution in [-0.2, 0) is 24.8 Å². The van der Waals surface area contributed by atoms with Crippen LogP contribution in [0.1, 0.15) is 5.82 Å². The average molecular weight is 283 g/mol. The fourth-order valence-electron chi connectivity index (χ4n) is 1.45. The normalized spacial score (nSPS) is 10.8. The third-order valence-electron chi connectivity index (χ3n) is 2.28. The second-order valence-electron chi connectivity index (χ2n) is 3.76. The van der Waals surface area contributed by atoms with Crippen molar-refractivity contribution >= 4 is 23.7 Å². The second kappa shape index (κ2) is 5.69. The maximum atomic E-state index is 10.5. The fraction of sp³-hybridized carbons (Fsp3) is 0.444. The largest absolute Gasteiger partial charge is 0.481 e. The molecule has 2 rings (SSSR count). The van der Waals surface area contributed by atoms with E-state index in [-0.39, 0.29) is 11.7 Å². The molecule has 2 aromatic rings. The first-order valence-corrected chi connectivity index (χ1v) is 6.42. The van der Waals surface area contributed by atoms with Crippen LogP contribution < -0.4 is 5.73 Å². The van der Waals surface area contributed by atoms with E-state index in [1.807, 2.05) is 0 Å². The Balaban J connectivity index is 2.02. The third kappa shape index (κ3) is 3.44. The molecule has 0 fully saturated rings. The van der Waals surface area contributed by atoms with E-state index in [0.29, 0.717) is 23.9 Å². The highest BCUT2D eigenvalue weighted by Crippen LogP contribution is 2.18. The lowest BCUT2D eigenvalue weighted by atomic mass is 10.4. The van der Waals surface area contributed by atoms with Gasteiger partial charge < -0.3 is 10.8 Å². The first-order chi connectivity index (χ1) is 9.06. The number of carbonyl (C=O) groups is 1. The first-order valence-electron chi connectivity index (χ1n) is 5.44. The van der Waals surface area contributed by atoms with E-state index >= 15 is 0 Å². The van der Waals surface area contributed by atoms with Gasteiger partial charge in [0.1, 0.15) is 6.33 Å². The van der Waals surface area contributed by atoms with E-state index < -0.39 is 5.97 Å². The Morgan fingerprint density at radius 1 is 1.53 bits per heavy atom. The van der Waals surface area contributed by atoms with Crippen LogP contribution >= 0.6 is 11.8 Å². The number of nitrogen functional groups attached to an aromatic ring is 1. The van der Waals surface area contributed by atoms with E-state index in [9.17, 15) is 4.79 Å². The lowest BCUT2D eigenvalue weighted by Gasteiger charge is -2.05. The number of aliphatic carboxylic acids is 1. The molecule has 0 spiro atoms. The molecule has 3 N–H and O–H groups in total. The zero-order chi connectivity index (χ0) is 13.8. The van der Waals surface area contributed by atoms with Crippen LogP contribution in [0.25, 0.3) is 0 Å². The maximum Gasteiger partial charge on any atom is 0.313 e. The molecule has 0 atom stereocenters. The SMILES string of the molecule is Cn1cnc(CCn2c(N)nnc2SCC(=O)O)n1. The number of carboxylic acid groups (broad SMARTS) is 1. The van der Waals surface area contributed by atoms with Crippen molar-refractivity contribution in [1.82, 2.24) is 29.5 Å². The van der Waals surface area contributed by atoms with Gasteiger partial charge in [-0.15, -0.1) is 10.2 Å². The molecular weight excluding hydrogens is 270 g/mol. The van der Waals surface area contributed by atoms with Crippen molar-refractivity contribution in [3.05, 3.63) is 12.2 Å². The molecule has 2 heterocycles. The zero-order valence-electron chi connectivity index (χ0n) is 10.2. The van der Waals surface area contributed by atoms with Crippen LogP contribution in [-0.4, -0.2) is 46.4 Å². The summed E-state index contributed by atoms with van der Waals surface area (Å²) in [7, 11) is 1.79. The average Bonchev–Trinajstić information content (AvgIpc) is 2.91.